The van der Waals surface area contributed by atoms with Crippen LogP contribution in [0.4, 0.5) is 0 Å². The molecule has 1 atom stereocenters. The van der Waals surface area contributed by atoms with Gasteiger partial charge >= 0.3 is 0 Å². The lowest BCUT2D eigenvalue weighted by molar-refractivity contribution is 0.173. The van der Waals surface area contributed by atoms with E-state index in [-0.39, 0.29) is 6.79 Å². The summed E-state index contributed by atoms with van der Waals surface area (Å²) in [5, 5.41) is 10.0. The predicted molar refractivity (Wildman–Crippen MR) is 55.3 cm³/mol. The maximum Gasteiger partial charge on any atom is 0.231 e. The fraction of sp³-hybridized carbons (Fsp3) is 0.167. The molecule has 1 unspecified atom stereocenters. The van der Waals surface area contributed by atoms with Crippen molar-refractivity contribution in [2.45, 2.75) is 6.10 Å². The molecule has 4 nitrogen and oxygen atoms in total. The topological polar surface area (TPSA) is 51.8 Å². The van der Waals surface area contributed by atoms with Crippen LogP contribution in [-0.2, 0) is 0 Å². The lowest BCUT2D eigenvalue weighted by atomic mass is 10.1. The van der Waals surface area contributed by atoms with Gasteiger partial charge in [0.15, 0.2) is 11.5 Å². The van der Waals surface area contributed by atoms with E-state index in [1.807, 2.05) is 0 Å². The van der Waals surface area contributed by atoms with Crippen LogP contribution < -0.4 is 9.47 Å². The second kappa shape index (κ2) is 3.57. The quantitative estimate of drug-likeness (QED) is 0.838. The van der Waals surface area contributed by atoms with E-state index in [0.717, 1.165) is 5.56 Å². The van der Waals surface area contributed by atoms with Crippen molar-refractivity contribution in [3.8, 4) is 11.5 Å². The van der Waals surface area contributed by atoms with Gasteiger partial charge in [-0.15, -0.1) is 0 Å². The average Bonchev–Trinajstić information content (AvgIpc) is 2.98. The van der Waals surface area contributed by atoms with Gasteiger partial charge in [-0.2, -0.15) is 0 Å². The smallest absolute Gasteiger partial charge is 0.231 e. The lowest BCUT2D eigenvalue weighted by Gasteiger charge is -2.08. The van der Waals surface area contributed by atoms with Crippen molar-refractivity contribution in [3.05, 3.63) is 47.9 Å². The molecule has 82 valence electrons. The van der Waals surface area contributed by atoms with Crippen molar-refractivity contribution in [1.82, 2.24) is 0 Å². The van der Waals surface area contributed by atoms with Crippen molar-refractivity contribution >= 4 is 0 Å². The number of rotatable bonds is 2. The van der Waals surface area contributed by atoms with Crippen LogP contribution in [-0.4, -0.2) is 11.9 Å². The number of furan rings is 1. The molecule has 2 heterocycles. The molecule has 0 saturated heterocycles. The summed E-state index contributed by atoms with van der Waals surface area (Å²) in [6.07, 6.45) is 0.760. The van der Waals surface area contributed by atoms with Crippen LogP contribution in [0.15, 0.2) is 41.0 Å². The minimum absolute atomic E-state index is 0.232. The monoisotopic (exact) mass is 218 g/mol. The van der Waals surface area contributed by atoms with Gasteiger partial charge in [0.05, 0.1) is 6.26 Å². The van der Waals surface area contributed by atoms with E-state index >= 15 is 0 Å². The third kappa shape index (κ3) is 1.44. The summed E-state index contributed by atoms with van der Waals surface area (Å²) >= 11 is 0. The Morgan fingerprint density at radius 3 is 2.81 bits per heavy atom. The van der Waals surface area contributed by atoms with Crippen LogP contribution >= 0.6 is 0 Å². The summed E-state index contributed by atoms with van der Waals surface area (Å²) in [4.78, 5) is 0. The van der Waals surface area contributed by atoms with E-state index in [2.05, 4.69) is 0 Å². The van der Waals surface area contributed by atoms with E-state index in [9.17, 15) is 5.11 Å². The summed E-state index contributed by atoms with van der Waals surface area (Å²) in [7, 11) is 0. The highest BCUT2D eigenvalue weighted by Gasteiger charge is 2.18. The molecule has 16 heavy (non-hydrogen) atoms. The van der Waals surface area contributed by atoms with Gasteiger partial charge < -0.3 is 19.0 Å². The zero-order valence-corrected chi connectivity index (χ0v) is 8.42. The SMILES string of the molecule is OC(c1ccc2c(c1)OCO2)c1ccco1. The van der Waals surface area contributed by atoms with Gasteiger partial charge in [-0.1, -0.05) is 6.07 Å². The van der Waals surface area contributed by atoms with E-state index in [1.54, 1.807) is 30.3 Å². The molecule has 1 aliphatic rings. The highest BCUT2D eigenvalue weighted by Crippen LogP contribution is 2.35. The number of hydrogen-bond donors (Lipinski definition) is 1. The summed E-state index contributed by atoms with van der Waals surface area (Å²) < 4.78 is 15.6. The summed E-state index contributed by atoms with van der Waals surface area (Å²) in [5.74, 6) is 1.87. The van der Waals surface area contributed by atoms with E-state index < -0.39 is 6.10 Å². The Kier molecular flexibility index (Phi) is 2.08. The first-order chi connectivity index (χ1) is 7.84. The molecular weight excluding hydrogens is 208 g/mol. The van der Waals surface area contributed by atoms with Crippen LogP contribution in [0.3, 0.4) is 0 Å². The third-order valence-electron chi connectivity index (χ3n) is 2.53. The maximum absolute atomic E-state index is 10.0. The number of aliphatic hydroxyl groups excluding tert-OH is 1. The molecule has 0 aliphatic carbocycles. The number of fused-ring (bicyclic) bond motifs is 1. The van der Waals surface area contributed by atoms with Gasteiger partial charge in [0.1, 0.15) is 11.9 Å². The fourth-order valence-corrected chi connectivity index (χ4v) is 1.69. The molecule has 1 aromatic carbocycles. The standard InChI is InChI=1S/C12H10O4/c13-12(10-2-1-5-14-10)8-3-4-9-11(6-8)16-7-15-9/h1-6,12-13H,7H2. The van der Waals surface area contributed by atoms with Crippen LogP contribution in [0.25, 0.3) is 0 Å². The summed E-state index contributed by atoms with van der Waals surface area (Å²) in [6.45, 7) is 0.232. The van der Waals surface area contributed by atoms with Crippen molar-refractivity contribution in [1.29, 1.82) is 0 Å². The average molecular weight is 218 g/mol. The molecule has 2 aromatic rings. The molecular formula is C12H10O4. The predicted octanol–water partition coefficient (Wildman–Crippen LogP) is 2.09. The molecule has 1 N–H and O–H groups in total. The van der Waals surface area contributed by atoms with Crippen molar-refractivity contribution in [2.75, 3.05) is 6.79 Å². The zero-order chi connectivity index (χ0) is 11.0. The highest BCUT2D eigenvalue weighted by molar-refractivity contribution is 5.45. The van der Waals surface area contributed by atoms with Gasteiger partial charge in [-0.25, -0.2) is 0 Å². The highest BCUT2D eigenvalue weighted by atomic mass is 16.7. The number of hydrogen-bond acceptors (Lipinski definition) is 4. The Hall–Kier alpha value is -1.94. The molecule has 0 radical (unpaired) electrons. The molecule has 0 saturated carbocycles. The van der Waals surface area contributed by atoms with Gasteiger partial charge in [-0.05, 0) is 29.8 Å². The first-order valence-electron chi connectivity index (χ1n) is 4.95. The van der Waals surface area contributed by atoms with Crippen molar-refractivity contribution in [2.24, 2.45) is 0 Å². The van der Waals surface area contributed by atoms with Gasteiger partial charge in [0.25, 0.3) is 0 Å². The molecule has 4 heteroatoms. The maximum atomic E-state index is 10.0. The fourth-order valence-electron chi connectivity index (χ4n) is 1.69. The number of ether oxygens (including phenoxy) is 2. The second-order valence-corrected chi connectivity index (χ2v) is 3.53. The molecule has 1 aromatic heterocycles. The molecule has 0 bridgehead atoms. The molecule has 3 rings (SSSR count). The first kappa shape index (κ1) is 9.30. The van der Waals surface area contributed by atoms with Gasteiger partial charge in [0.2, 0.25) is 6.79 Å². The molecule has 0 amide bonds. The van der Waals surface area contributed by atoms with Crippen LogP contribution in [0.2, 0.25) is 0 Å². The lowest BCUT2D eigenvalue weighted by Crippen LogP contribution is -1.97. The van der Waals surface area contributed by atoms with Gasteiger partial charge in [-0.3, -0.25) is 0 Å². The van der Waals surface area contributed by atoms with Crippen molar-refractivity contribution in [3.63, 3.8) is 0 Å². The van der Waals surface area contributed by atoms with E-state index in [0.29, 0.717) is 17.3 Å². The van der Waals surface area contributed by atoms with E-state index in [1.165, 1.54) is 6.26 Å². The third-order valence-corrected chi connectivity index (χ3v) is 2.53. The Bertz CT molecular complexity index is 490. The van der Waals surface area contributed by atoms with Crippen molar-refractivity contribution < 1.29 is 19.0 Å². The number of aliphatic hydroxyl groups is 1. The first-order valence-corrected chi connectivity index (χ1v) is 4.95. The normalized spacial score (nSPS) is 15.1. The Labute approximate surface area is 92.0 Å². The van der Waals surface area contributed by atoms with Crippen LogP contribution in [0.5, 0.6) is 11.5 Å². The second-order valence-electron chi connectivity index (χ2n) is 3.53. The van der Waals surface area contributed by atoms with E-state index in [4.69, 9.17) is 13.9 Å². The zero-order valence-electron chi connectivity index (χ0n) is 8.42. The molecule has 0 fully saturated rings. The van der Waals surface area contributed by atoms with Crippen LogP contribution in [0, 0.1) is 0 Å². The summed E-state index contributed by atoms with van der Waals surface area (Å²) in [5.41, 5.74) is 0.721. The Balaban J connectivity index is 1.95. The minimum atomic E-state index is -0.774. The molecule has 0 spiro atoms. The van der Waals surface area contributed by atoms with Crippen LogP contribution in [0.1, 0.15) is 17.4 Å². The number of benzene rings is 1. The Morgan fingerprint density at radius 1 is 1.12 bits per heavy atom. The Morgan fingerprint density at radius 2 is 2.00 bits per heavy atom. The summed E-state index contributed by atoms with van der Waals surface area (Å²) in [6, 6.07) is 8.81. The van der Waals surface area contributed by atoms with Gasteiger partial charge in [0, 0.05) is 0 Å². The molecule has 1 aliphatic heterocycles. The minimum Gasteiger partial charge on any atom is -0.466 e. The largest absolute Gasteiger partial charge is 0.466 e.